The van der Waals surface area contributed by atoms with Crippen molar-refractivity contribution in [2.75, 3.05) is 6.61 Å². The Morgan fingerprint density at radius 3 is 2.67 bits per heavy atom. The van der Waals surface area contributed by atoms with E-state index in [-0.39, 0.29) is 18.8 Å². The molecule has 1 saturated carbocycles. The summed E-state index contributed by atoms with van der Waals surface area (Å²) in [7, 11) is 0. The number of hydrogen-bond acceptors (Lipinski definition) is 5. The summed E-state index contributed by atoms with van der Waals surface area (Å²) in [4.78, 5) is 30.5. The summed E-state index contributed by atoms with van der Waals surface area (Å²) in [5.74, 6) is -0.579. The van der Waals surface area contributed by atoms with Crippen LogP contribution in [0.25, 0.3) is 5.70 Å². The molecule has 27 heavy (non-hydrogen) atoms. The van der Waals surface area contributed by atoms with Crippen LogP contribution in [0, 0.1) is 6.08 Å². The summed E-state index contributed by atoms with van der Waals surface area (Å²) in [6, 6.07) is 12.7. The highest BCUT2D eigenvalue weighted by Gasteiger charge is 2.38. The van der Waals surface area contributed by atoms with Crippen molar-refractivity contribution in [2.24, 2.45) is 0 Å². The zero-order valence-corrected chi connectivity index (χ0v) is 14.7. The van der Waals surface area contributed by atoms with Gasteiger partial charge in [0.2, 0.25) is 0 Å². The van der Waals surface area contributed by atoms with Crippen LogP contribution in [0.3, 0.4) is 0 Å². The summed E-state index contributed by atoms with van der Waals surface area (Å²) in [5.41, 5.74) is 1.82. The van der Waals surface area contributed by atoms with Crippen molar-refractivity contribution in [1.29, 1.82) is 0 Å². The van der Waals surface area contributed by atoms with Gasteiger partial charge in [0.05, 0.1) is 11.7 Å². The topological polar surface area (TPSA) is 68.7 Å². The van der Waals surface area contributed by atoms with E-state index >= 15 is 0 Å². The van der Waals surface area contributed by atoms with E-state index in [1.165, 1.54) is 4.90 Å². The van der Waals surface area contributed by atoms with Gasteiger partial charge in [-0.05, 0) is 37.0 Å². The monoisotopic (exact) mass is 363 g/mol. The molecule has 1 aromatic carbocycles. The van der Waals surface area contributed by atoms with Crippen molar-refractivity contribution in [3.05, 3.63) is 72.1 Å². The average molecular weight is 363 g/mol. The van der Waals surface area contributed by atoms with Crippen molar-refractivity contribution in [2.45, 2.75) is 31.4 Å². The molecule has 2 aliphatic rings. The fourth-order valence-electron chi connectivity index (χ4n) is 3.13. The van der Waals surface area contributed by atoms with E-state index in [1.807, 2.05) is 30.3 Å². The van der Waals surface area contributed by atoms with Gasteiger partial charge in [0.1, 0.15) is 18.8 Å². The molecule has 1 amide bonds. The van der Waals surface area contributed by atoms with Gasteiger partial charge in [0, 0.05) is 18.0 Å². The van der Waals surface area contributed by atoms with Gasteiger partial charge in [-0.2, -0.15) is 0 Å². The van der Waals surface area contributed by atoms with E-state index in [1.54, 1.807) is 24.5 Å². The van der Waals surface area contributed by atoms with E-state index in [4.69, 9.17) is 9.47 Å². The molecule has 1 atom stereocenters. The van der Waals surface area contributed by atoms with Gasteiger partial charge in [0.15, 0.2) is 0 Å². The van der Waals surface area contributed by atoms with E-state index in [2.05, 4.69) is 11.1 Å². The van der Waals surface area contributed by atoms with Crippen LogP contribution in [0.4, 0.5) is 4.79 Å². The molecular formula is C21H19N2O4. The first-order valence-corrected chi connectivity index (χ1v) is 8.98. The SMILES string of the molecule is O=C([C]=C(c1cccnc1)N1C(=O)OC[C@H]1c1ccccc1)OC1CCC1. The normalized spacial score (nSPS) is 20.1. The lowest BCUT2D eigenvalue weighted by Crippen LogP contribution is -2.29. The number of ether oxygens (including phenoxy) is 2. The summed E-state index contributed by atoms with van der Waals surface area (Å²) < 4.78 is 10.7. The van der Waals surface area contributed by atoms with Gasteiger partial charge in [-0.15, -0.1) is 0 Å². The summed E-state index contributed by atoms with van der Waals surface area (Å²) in [5, 5.41) is 0. The van der Waals surface area contributed by atoms with Crippen LogP contribution in [0.5, 0.6) is 0 Å². The number of nitrogens with zero attached hydrogens (tertiary/aromatic N) is 2. The molecule has 0 N–H and O–H groups in total. The number of rotatable bonds is 5. The zero-order valence-electron chi connectivity index (χ0n) is 14.7. The second-order valence-corrected chi connectivity index (χ2v) is 6.55. The van der Waals surface area contributed by atoms with E-state index in [0.29, 0.717) is 11.3 Å². The van der Waals surface area contributed by atoms with Crippen molar-refractivity contribution < 1.29 is 19.1 Å². The van der Waals surface area contributed by atoms with Crippen LogP contribution in [-0.4, -0.2) is 34.7 Å². The fraction of sp³-hybridized carbons (Fsp3) is 0.286. The standard InChI is InChI=1S/C21H19N2O4/c24-20(27-17-9-4-10-17)12-18(16-8-5-11-22-13-16)23-19(14-26-21(23)25)15-6-2-1-3-7-15/h1-3,5-8,11,13,17,19H,4,9-10,14H2/t19-/m0/s1. The first-order chi connectivity index (χ1) is 13.2. The highest BCUT2D eigenvalue weighted by molar-refractivity contribution is 5.92. The number of cyclic esters (lactones) is 1. The van der Waals surface area contributed by atoms with Gasteiger partial charge in [-0.3, -0.25) is 9.88 Å². The number of pyridine rings is 1. The summed E-state index contributed by atoms with van der Waals surface area (Å²) >= 11 is 0. The molecule has 2 aromatic rings. The van der Waals surface area contributed by atoms with Crippen molar-refractivity contribution in [3.63, 3.8) is 0 Å². The zero-order chi connectivity index (χ0) is 18.6. The maximum atomic E-state index is 12.5. The molecule has 2 fully saturated rings. The summed E-state index contributed by atoms with van der Waals surface area (Å²) in [6.07, 6.45) is 8.18. The van der Waals surface area contributed by atoms with E-state index in [9.17, 15) is 9.59 Å². The molecule has 1 aromatic heterocycles. The van der Waals surface area contributed by atoms with Crippen molar-refractivity contribution in [1.82, 2.24) is 9.88 Å². The molecule has 137 valence electrons. The molecule has 6 heteroatoms. The lowest BCUT2D eigenvalue weighted by Gasteiger charge is -2.26. The lowest BCUT2D eigenvalue weighted by atomic mass is 9.96. The molecule has 0 unspecified atom stereocenters. The molecule has 0 bridgehead atoms. The minimum Gasteiger partial charge on any atom is -0.459 e. The first-order valence-electron chi connectivity index (χ1n) is 8.98. The number of hydrogen-bond donors (Lipinski definition) is 0. The number of aromatic nitrogens is 1. The second kappa shape index (κ2) is 7.61. The van der Waals surface area contributed by atoms with Crippen molar-refractivity contribution >= 4 is 17.8 Å². The van der Waals surface area contributed by atoms with Gasteiger partial charge < -0.3 is 9.47 Å². The second-order valence-electron chi connectivity index (χ2n) is 6.55. The third-order valence-electron chi connectivity index (χ3n) is 4.78. The van der Waals surface area contributed by atoms with Gasteiger partial charge in [0.25, 0.3) is 0 Å². The third kappa shape index (κ3) is 3.69. The first kappa shape index (κ1) is 17.3. The highest BCUT2D eigenvalue weighted by Crippen LogP contribution is 2.35. The quantitative estimate of drug-likeness (QED) is 0.601. The number of amides is 1. The van der Waals surface area contributed by atoms with Crippen LogP contribution in [-0.2, 0) is 14.3 Å². The predicted octanol–water partition coefficient (Wildman–Crippen LogP) is 3.51. The Labute approximate surface area is 157 Å². The Kier molecular flexibility index (Phi) is 4.87. The van der Waals surface area contributed by atoms with Crippen LogP contribution >= 0.6 is 0 Å². The van der Waals surface area contributed by atoms with Crippen molar-refractivity contribution in [3.8, 4) is 0 Å². The molecule has 0 spiro atoms. The average Bonchev–Trinajstić information content (AvgIpc) is 3.05. The van der Waals surface area contributed by atoms with Crippen LogP contribution in [0.1, 0.15) is 36.4 Å². The molecule has 2 heterocycles. The minimum atomic E-state index is -0.579. The van der Waals surface area contributed by atoms with Crippen LogP contribution in [0.15, 0.2) is 54.9 Å². The Morgan fingerprint density at radius 1 is 1.19 bits per heavy atom. The third-order valence-corrected chi connectivity index (χ3v) is 4.78. The number of esters is 1. The highest BCUT2D eigenvalue weighted by atomic mass is 16.6. The largest absolute Gasteiger partial charge is 0.459 e. The molecule has 1 aliphatic heterocycles. The Bertz CT molecular complexity index is 847. The molecule has 4 rings (SSSR count). The smallest absolute Gasteiger partial charge is 0.415 e. The number of carbonyl (C=O) groups excluding carboxylic acids is 2. The minimum absolute atomic E-state index is 0.0596. The maximum Gasteiger partial charge on any atom is 0.415 e. The predicted molar refractivity (Wildman–Crippen MR) is 97.0 cm³/mol. The van der Waals surface area contributed by atoms with Crippen LogP contribution in [0.2, 0.25) is 0 Å². The fourth-order valence-corrected chi connectivity index (χ4v) is 3.13. The van der Waals surface area contributed by atoms with E-state index in [0.717, 1.165) is 24.8 Å². The number of benzene rings is 1. The van der Waals surface area contributed by atoms with E-state index < -0.39 is 12.1 Å². The Balaban J connectivity index is 1.70. The Morgan fingerprint density at radius 2 is 2.00 bits per heavy atom. The van der Waals surface area contributed by atoms with Gasteiger partial charge >= 0.3 is 12.1 Å². The van der Waals surface area contributed by atoms with Gasteiger partial charge in [-0.25, -0.2) is 9.59 Å². The van der Waals surface area contributed by atoms with Crippen LogP contribution < -0.4 is 0 Å². The lowest BCUT2D eigenvalue weighted by molar-refractivity contribution is -0.147. The molecule has 1 aliphatic carbocycles. The summed E-state index contributed by atoms with van der Waals surface area (Å²) in [6.45, 7) is 0.200. The Hall–Kier alpha value is -3.15. The number of carbonyl (C=O) groups is 2. The molecular weight excluding hydrogens is 344 g/mol. The molecule has 6 nitrogen and oxygen atoms in total. The maximum absolute atomic E-state index is 12.5. The molecule has 1 saturated heterocycles. The van der Waals surface area contributed by atoms with Gasteiger partial charge in [-0.1, -0.05) is 30.3 Å². The molecule has 1 radical (unpaired) electrons.